The Hall–Kier alpha value is -1.39. The van der Waals surface area contributed by atoms with Gasteiger partial charge in [0.25, 0.3) is 0 Å². The molecule has 1 N–H and O–H groups in total. The summed E-state index contributed by atoms with van der Waals surface area (Å²) in [5.74, 6) is -0.454. The van der Waals surface area contributed by atoms with Gasteiger partial charge in [0.1, 0.15) is 0 Å². The summed E-state index contributed by atoms with van der Waals surface area (Å²) in [7, 11) is 0. The Kier molecular flexibility index (Phi) is 4.33. The Balaban J connectivity index is 2.14. The van der Waals surface area contributed by atoms with Crippen molar-refractivity contribution in [2.24, 2.45) is 5.92 Å². The monoisotopic (exact) mass is 249 g/mol. The van der Waals surface area contributed by atoms with Crippen LogP contribution in [0.25, 0.3) is 0 Å². The van der Waals surface area contributed by atoms with Gasteiger partial charge in [-0.2, -0.15) is 0 Å². The zero-order valence-electron chi connectivity index (χ0n) is 10.6. The van der Waals surface area contributed by atoms with E-state index >= 15 is 0 Å². The molecule has 1 fully saturated rings. The Morgan fingerprint density at radius 3 is 2.72 bits per heavy atom. The van der Waals surface area contributed by atoms with Crippen molar-refractivity contribution in [2.45, 2.75) is 19.5 Å². The number of aliphatic hydroxyl groups excluding tert-OH is 1. The molecule has 98 valence electrons. The van der Waals surface area contributed by atoms with Gasteiger partial charge in [0.15, 0.2) is 0 Å². The van der Waals surface area contributed by atoms with E-state index < -0.39 is 5.92 Å². The third-order valence-corrected chi connectivity index (χ3v) is 3.26. The minimum absolute atomic E-state index is 0.0219. The van der Waals surface area contributed by atoms with E-state index in [4.69, 9.17) is 4.74 Å². The van der Waals surface area contributed by atoms with Gasteiger partial charge in [0.2, 0.25) is 5.91 Å². The molecule has 1 aliphatic rings. The normalized spacial score (nSPS) is 25.0. The van der Waals surface area contributed by atoms with Crippen LogP contribution < -0.4 is 0 Å². The van der Waals surface area contributed by atoms with Crippen molar-refractivity contribution < 1.29 is 14.6 Å². The molecule has 18 heavy (non-hydrogen) atoms. The zero-order chi connectivity index (χ0) is 13.0. The molecule has 2 unspecified atom stereocenters. The van der Waals surface area contributed by atoms with Crippen LogP contribution in [0.2, 0.25) is 0 Å². The largest absolute Gasteiger partial charge is 0.395 e. The SMILES string of the molecule is CC1COCC(CO)C(=O)N1Cc1ccccc1. The fraction of sp³-hybridized carbons (Fsp3) is 0.500. The minimum atomic E-state index is -0.432. The van der Waals surface area contributed by atoms with Crippen LogP contribution in [0.5, 0.6) is 0 Å². The molecule has 4 heteroatoms. The smallest absolute Gasteiger partial charge is 0.230 e. The summed E-state index contributed by atoms with van der Waals surface area (Å²) in [6.07, 6.45) is 0. The highest BCUT2D eigenvalue weighted by Gasteiger charge is 2.30. The molecule has 1 aromatic rings. The van der Waals surface area contributed by atoms with Gasteiger partial charge in [-0.15, -0.1) is 0 Å². The molecule has 0 radical (unpaired) electrons. The molecular weight excluding hydrogens is 230 g/mol. The summed E-state index contributed by atoms with van der Waals surface area (Å²) in [6.45, 7) is 3.22. The fourth-order valence-corrected chi connectivity index (χ4v) is 2.14. The van der Waals surface area contributed by atoms with Gasteiger partial charge in [0, 0.05) is 6.54 Å². The van der Waals surface area contributed by atoms with E-state index in [9.17, 15) is 9.90 Å². The van der Waals surface area contributed by atoms with Crippen LogP contribution >= 0.6 is 0 Å². The van der Waals surface area contributed by atoms with Crippen molar-refractivity contribution in [3.05, 3.63) is 35.9 Å². The molecule has 1 aliphatic heterocycles. The van der Waals surface area contributed by atoms with Gasteiger partial charge in [-0.1, -0.05) is 30.3 Å². The summed E-state index contributed by atoms with van der Waals surface area (Å²) in [6, 6.07) is 9.91. The molecular formula is C14H19NO3. The van der Waals surface area contributed by atoms with Crippen molar-refractivity contribution in [1.82, 2.24) is 4.90 Å². The van der Waals surface area contributed by atoms with E-state index in [1.807, 2.05) is 37.3 Å². The Labute approximate surface area is 107 Å². The predicted molar refractivity (Wildman–Crippen MR) is 67.8 cm³/mol. The number of amides is 1. The second kappa shape index (κ2) is 5.98. The van der Waals surface area contributed by atoms with Crippen LogP contribution in [0.1, 0.15) is 12.5 Å². The van der Waals surface area contributed by atoms with Gasteiger partial charge in [-0.25, -0.2) is 0 Å². The average molecular weight is 249 g/mol. The summed E-state index contributed by atoms with van der Waals surface area (Å²) >= 11 is 0. The van der Waals surface area contributed by atoms with E-state index in [0.29, 0.717) is 19.8 Å². The summed E-state index contributed by atoms with van der Waals surface area (Å²) < 4.78 is 5.43. The maximum atomic E-state index is 12.3. The number of nitrogens with zero attached hydrogens (tertiary/aromatic N) is 1. The number of ether oxygens (including phenoxy) is 1. The van der Waals surface area contributed by atoms with E-state index in [1.165, 1.54) is 0 Å². The summed E-state index contributed by atoms with van der Waals surface area (Å²) in [5, 5.41) is 9.23. The highest BCUT2D eigenvalue weighted by atomic mass is 16.5. The number of rotatable bonds is 3. The standard InChI is InChI=1S/C14H19NO3/c1-11-9-18-10-13(8-16)14(17)15(11)7-12-5-3-2-4-6-12/h2-6,11,13,16H,7-10H2,1H3. The lowest BCUT2D eigenvalue weighted by Crippen LogP contribution is -2.42. The first-order valence-corrected chi connectivity index (χ1v) is 6.25. The maximum absolute atomic E-state index is 12.3. The summed E-state index contributed by atoms with van der Waals surface area (Å²) in [5.41, 5.74) is 1.09. The first-order chi connectivity index (χ1) is 8.72. The minimum Gasteiger partial charge on any atom is -0.395 e. The number of hydrogen-bond acceptors (Lipinski definition) is 3. The van der Waals surface area contributed by atoms with Crippen LogP contribution in [0.3, 0.4) is 0 Å². The third kappa shape index (κ3) is 2.89. The second-order valence-corrected chi connectivity index (χ2v) is 4.72. The molecule has 1 heterocycles. The quantitative estimate of drug-likeness (QED) is 0.871. The molecule has 2 atom stereocenters. The van der Waals surface area contributed by atoms with Crippen molar-refractivity contribution in [1.29, 1.82) is 0 Å². The van der Waals surface area contributed by atoms with Gasteiger partial charge < -0.3 is 14.7 Å². The lowest BCUT2D eigenvalue weighted by Gasteiger charge is -2.28. The lowest BCUT2D eigenvalue weighted by molar-refractivity contribution is -0.138. The number of carbonyl (C=O) groups excluding carboxylic acids is 1. The topological polar surface area (TPSA) is 49.8 Å². The number of carbonyl (C=O) groups is 1. The number of aliphatic hydroxyl groups is 1. The Morgan fingerprint density at radius 1 is 1.33 bits per heavy atom. The van der Waals surface area contributed by atoms with Crippen molar-refractivity contribution in [3.63, 3.8) is 0 Å². The number of benzene rings is 1. The molecule has 4 nitrogen and oxygen atoms in total. The molecule has 0 saturated carbocycles. The van der Waals surface area contributed by atoms with Crippen molar-refractivity contribution in [2.75, 3.05) is 19.8 Å². The van der Waals surface area contributed by atoms with Crippen molar-refractivity contribution >= 4 is 5.91 Å². The van der Waals surface area contributed by atoms with Gasteiger partial charge in [0.05, 0.1) is 31.8 Å². The molecule has 0 spiro atoms. The molecule has 0 aliphatic carbocycles. The maximum Gasteiger partial charge on any atom is 0.230 e. The fourth-order valence-electron chi connectivity index (χ4n) is 2.14. The zero-order valence-corrected chi connectivity index (χ0v) is 10.6. The number of hydrogen-bond donors (Lipinski definition) is 1. The van der Waals surface area contributed by atoms with E-state index in [0.717, 1.165) is 5.56 Å². The van der Waals surface area contributed by atoms with E-state index in [1.54, 1.807) is 4.90 Å². The summed E-state index contributed by atoms with van der Waals surface area (Å²) in [4.78, 5) is 14.1. The van der Waals surface area contributed by atoms with Crippen LogP contribution in [0.15, 0.2) is 30.3 Å². The molecule has 0 bridgehead atoms. The molecule has 0 aromatic heterocycles. The highest BCUT2D eigenvalue weighted by Crippen LogP contribution is 2.16. The van der Waals surface area contributed by atoms with Crippen LogP contribution in [0, 0.1) is 5.92 Å². The predicted octanol–water partition coefficient (Wildman–Crippen LogP) is 1.04. The second-order valence-electron chi connectivity index (χ2n) is 4.72. The van der Waals surface area contributed by atoms with E-state index in [2.05, 4.69) is 0 Å². The molecule has 1 amide bonds. The molecule has 2 rings (SSSR count). The van der Waals surface area contributed by atoms with Gasteiger partial charge >= 0.3 is 0 Å². The van der Waals surface area contributed by atoms with Crippen LogP contribution in [-0.2, 0) is 16.1 Å². The van der Waals surface area contributed by atoms with Crippen molar-refractivity contribution in [3.8, 4) is 0 Å². The average Bonchev–Trinajstić information content (AvgIpc) is 2.53. The first-order valence-electron chi connectivity index (χ1n) is 6.25. The van der Waals surface area contributed by atoms with Gasteiger partial charge in [-0.05, 0) is 12.5 Å². The van der Waals surface area contributed by atoms with Crippen LogP contribution in [-0.4, -0.2) is 41.8 Å². The Morgan fingerprint density at radius 2 is 2.06 bits per heavy atom. The third-order valence-electron chi connectivity index (χ3n) is 3.26. The molecule has 1 saturated heterocycles. The highest BCUT2D eigenvalue weighted by molar-refractivity contribution is 5.79. The van der Waals surface area contributed by atoms with Gasteiger partial charge in [-0.3, -0.25) is 4.79 Å². The van der Waals surface area contributed by atoms with E-state index in [-0.39, 0.29) is 18.6 Å². The Bertz CT molecular complexity index is 393. The first kappa shape index (κ1) is 13.1. The molecule has 1 aromatic carbocycles. The van der Waals surface area contributed by atoms with Crippen LogP contribution in [0.4, 0.5) is 0 Å². The lowest BCUT2D eigenvalue weighted by atomic mass is 10.1.